The van der Waals surface area contributed by atoms with Crippen molar-refractivity contribution in [2.45, 2.75) is 201 Å². The van der Waals surface area contributed by atoms with Crippen LogP contribution in [0.3, 0.4) is 0 Å². The molecule has 0 unspecified atom stereocenters. The van der Waals surface area contributed by atoms with Crippen LogP contribution < -0.4 is 0 Å². The molecule has 0 radical (unpaired) electrons. The Morgan fingerprint density at radius 2 is 0.643 bits per heavy atom. The fraction of sp³-hybridized carbons (Fsp3) is 0.889. The number of carbonyl (C=O) groups is 2. The van der Waals surface area contributed by atoms with E-state index in [0.717, 1.165) is 94.8 Å². The Bertz CT molecular complexity index is 607. The summed E-state index contributed by atoms with van der Waals surface area (Å²) < 4.78 is 17.4. The van der Waals surface area contributed by atoms with E-state index in [1.54, 1.807) is 0 Å². The molecule has 0 rings (SSSR count). The molecule has 0 aliphatic heterocycles. The SMILES string of the molecule is CCCCCCCC/C(C(=O)[O][SnH]([CH2]CCC)[CH2]CCC)=C(\CCCCCCCC)C(=O)[O][SnH]([CH2]CCC)[CH2]CCC. The van der Waals surface area contributed by atoms with E-state index in [-0.39, 0.29) is 11.9 Å². The average Bonchev–Trinajstić information content (AvgIpc) is 2.99. The average molecular weight is 806 g/mol. The first-order valence-corrected chi connectivity index (χ1v) is 30.6. The second kappa shape index (κ2) is 31.3. The first kappa shape index (κ1) is 42.3. The molecule has 0 aliphatic carbocycles. The number of rotatable bonds is 30. The van der Waals surface area contributed by atoms with Gasteiger partial charge in [-0.25, -0.2) is 0 Å². The third-order valence-electron chi connectivity index (χ3n) is 8.48. The van der Waals surface area contributed by atoms with Crippen molar-refractivity contribution in [2.75, 3.05) is 0 Å². The molecule has 0 aromatic heterocycles. The summed E-state index contributed by atoms with van der Waals surface area (Å²) in [6.45, 7) is 13.4. The van der Waals surface area contributed by atoms with Gasteiger partial charge in [-0.2, -0.15) is 0 Å². The zero-order valence-corrected chi connectivity index (χ0v) is 35.8. The maximum absolute atomic E-state index is 14.0. The zero-order chi connectivity index (χ0) is 31.3. The summed E-state index contributed by atoms with van der Waals surface area (Å²) in [6, 6.07) is 0. The maximum atomic E-state index is 14.0. The van der Waals surface area contributed by atoms with Crippen molar-refractivity contribution in [1.82, 2.24) is 0 Å². The van der Waals surface area contributed by atoms with Gasteiger partial charge < -0.3 is 0 Å². The van der Waals surface area contributed by atoms with Crippen molar-refractivity contribution in [3.63, 3.8) is 0 Å². The summed E-state index contributed by atoms with van der Waals surface area (Å²) in [5.74, 6) is -0.272. The van der Waals surface area contributed by atoms with Crippen LogP contribution in [0.1, 0.15) is 183 Å². The van der Waals surface area contributed by atoms with Crippen molar-refractivity contribution in [2.24, 2.45) is 0 Å². The third kappa shape index (κ3) is 22.7. The van der Waals surface area contributed by atoms with Gasteiger partial charge >= 0.3 is 280 Å². The Morgan fingerprint density at radius 1 is 0.381 bits per heavy atom. The molecular formula is C36H72O4Sn2. The van der Waals surface area contributed by atoms with E-state index in [0.29, 0.717) is 24.0 Å². The van der Waals surface area contributed by atoms with Gasteiger partial charge in [-0.1, -0.05) is 0 Å². The molecule has 0 N–H and O–H groups in total. The molecule has 0 aromatic rings. The normalized spacial score (nSPS) is 12.2. The van der Waals surface area contributed by atoms with Crippen LogP contribution >= 0.6 is 0 Å². The van der Waals surface area contributed by atoms with E-state index in [1.165, 1.54) is 51.4 Å². The van der Waals surface area contributed by atoms with Crippen LogP contribution in [-0.2, 0) is 15.7 Å². The summed E-state index contributed by atoms with van der Waals surface area (Å²) in [6.07, 6.45) is 24.7. The Morgan fingerprint density at radius 3 is 0.929 bits per heavy atom. The molecule has 42 heavy (non-hydrogen) atoms. The minimum atomic E-state index is -2.46. The molecular weight excluding hydrogens is 734 g/mol. The van der Waals surface area contributed by atoms with Gasteiger partial charge in [0.25, 0.3) is 0 Å². The molecule has 248 valence electrons. The van der Waals surface area contributed by atoms with Gasteiger partial charge in [0.1, 0.15) is 0 Å². The van der Waals surface area contributed by atoms with Crippen LogP contribution in [0.25, 0.3) is 0 Å². The number of hydrogen-bond acceptors (Lipinski definition) is 4. The molecule has 0 saturated heterocycles. The van der Waals surface area contributed by atoms with Gasteiger partial charge in [-0.05, 0) is 0 Å². The third-order valence-corrected chi connectivity index (χ3v) is 23.6. The second-order valence-electron chi connectivity index (χ2n) is 12.6. The first-order valence-electron chi connectivity index (χ1n) is 18.6. The van der Waals surface area contributed by atoms with Gasteiger partial charge in [0, 0.05) is 0 Å². The van der Waals surface area contributed by atoms with E-state index >= 15 is 0 Å². The van der Waals surface area contributed by atoms with E-state index in [4.69, 9.17) is 6.15 Å². The summed E-state index contributed by atoms with van der Waals surface area (Å²) in [7, 11) is 0. The van der Waals surface area contributed by atoms with Crippen molar-refractivity contribution in [1.29, 1.82) is 0 Å². The molecule has 0 atom stereocenters. The molecule has 6 heteroatoms. The van der Waals surface area contributed by atoms with Crippen molar-refractivity contribution in [3.8, 4) is 0 Å². The van der Waals surface area contributed by atoms with Gasteiger partial charge in [0.2, 0.25) is 0 Å². The van der Waals surface area contributed by atoms with Gasteiger partial charge in [-0.3, -0.25) is 0 Å². The molecule has 0 aromatic carbocycles. The van der Waals surface area contributed by atoms with E-state index in [1.807, 2.05) is 0 Å². The van der Waals surface area contributed by atoms with Gasteiger partial charge in [0.05, 0.1) is 0 Å². The Balaban J connectivity index is 6.12. The molecule has 0 heterocycles. The van der Waals surface area contributed by atoms with Crippen molar-refractivity contribution >= 4 is 52.3 Å². The first-order chi connectivity index (χ1) is 20.5. The van der Waals surface area contributed by atoms with Gasteiger partial charge in [-0.15, -0.1) is 0 Å². The van der Waals surface area contributed by atoms with E-state index in [9.17, 15) is 9.59 Å². The Labute approximate surface area is 277 Å². The molecule has 0 spiro atoms. The Kier molecular flexibility index (Phi) is 31.5. The summed E-state index contributed by atoms with van der Waals surface area (Å²) in [4.78, 5) is 28.0. The predicted octanol–water partition coefficient (Wildman–Crippen LogP) is 11.5. The fourth-order valence-corrected chi connectivity index (χ4v) is 21.0. The fourth-order valence-electron chi connectivity index (χ4n) is 5.61. The van der Waals surface area contributed by atoms with Crippen molar-refractivity contribution in [3.05, 3.63) is 11.1 Å². The molecule has 0 fully saturated rings. The quantitative estimate of drug-likeness (QED) is 0.0412. The predicted molar refractivity (Wildman–Crippen MR) is 188 cm³/mol. The van der Waals surface area contributed by atoms with Crippen LogP contribution in [0.5, 0.6) is 0 Å². The minimum absolute atomic E-state index is 0.136. The molecule has 0 amide bonds. The molecule has 4 nitrogen and oxygen atoms in total. The van der Waals surface area contributed by atoms with Crippen LogP contribution in [0, 0.1) is 0 Å². The van der Waals surface area contributed by atoms with Crippen LogP contribution in [0.2, 0.25) is 17.7 Å². The zero-order valence-electron chi connectivity index (χ0n) is 29.2. The van der Waals surface area contributed by atoms with E-state index < -0.39 is 40.3 Å². The summed E-state index contributed by atoms with van der Waals surface area (Å²) >= 11 is -4.91. The molecule has 0 bridgehead atoms. The van der Waals surface area contributed by atoms with Crippen LogP contribution in [0.4, 0.5) is 0 Å². The van der Waals surface area contributed by atoms with E-state index in [2.05, 4.69) is 41.5 Å². The molecule has 0 saturated carbocycles. The summed E-state index contributed by atoms with van der Waals surface area (Å²) in [5.41, 5.74) is 1.41. The Hall–Kier alpha value is 0.277. The van der Waals surface area contributed by atoms with Crippen LogP contribution in [0.15, 0.2) is 11.1 Å². The summed E-state index contributed by atoms with van der Waals surface area (Å²) in [5, 5.41) is 0. The topological polar surface area (TPSA) is 52.6 Å². The van der Waals surface area contributed by atoms with Crippen molar-refractivity contribution < 1.29 is 15.7 Å². The number of unbranched alkanes of at least 4 members (excludes halogenated alkanes) is 14. The number of hydrogen-bond donors (Lipinski definition) is 0. The monoisotopic (exact) mass is 808 g/mol. The van der Waals surface area contributed by atoms with Crippen LogP contribution in [-0.4, -0.2) is 52.3 Å². The molecule has 0 aliphatic rings. The van der Waals surface area contributed by atoms with Gasteiger partial charge in [0.15, 0.2) is 0 Å². The standard InChI is InChI=1S/C20H36O4.4C4H9.2Sn.2H/c1-3-5-7-9-11-13-15-17(19(21)22)18(20(23)24)16-14-12-10-8-6-4-2;4*1-3-4-2;;;;/h3-16H2,1-2H3,(H,21,22)(H,23,24);4*1,3-4H2,2H3;;;;/q;;;;;2*+1;;/p-2/b18-17-;;;;;;;;. The second-order valence-corrected chi connectivity index (χ2v) is 27.7. The number of carbonyl (C=O) groups excluding carboxylic acids is 2.